The molecule has 0 bridgehead atoms. The summed E-state index contributed by atoms with van der Waals surface area (Å²) in [5, 5.41) is 2.37. The van der Waals surface area contributed by atoms with E-state index in [2.05, 4.69) is 0 Å². The van der Waals surface area contributed by atoms with E-state index in [1.54, 1.807) is 11.0 Å². The third kappa shape index (κ3) is 2.52. The summed E-state index contributed by atoms with van der Waals surface area (Å²) in [4.78, 5) is 40.5. The Balaban J connectivity index is 2.14. The molecule has 0 fully saturated rings. The smallest absolute Gasteiger partial charge is 0.265 e. The Morgan fingerprint density at radius 2 is 1.75 bits per heavy atom. The molecule has 0 aliphatic heterocycles. The van der Waals surface area contributed by atoms with Gasteiger partial charge < -0.3 is 9.32 Å². The zero-order valence-corrected chi connectivity index (χ0v) is 16.0. The molecule has 0 spiro atoms. The van der Waals surface area contributed by atoms with Crippen LogP contribution in [0.1, 0.15) is 24.2 Å². The number of rotatable bonds is 3. The van der Waals surface area contributed by atoms with Gasteiger partial charge >= 0.3 is 0 Å². The number of pyridine rings is 1. The second-order valence-electron chi connectivity index (χ2n) is 6.71. The van der Waals surface area contributed by atoms with Crippen LogP contribution in [-0.2, 0) is 7.05 Å². The predicted molar refractivity (Wildman–Crippen MR) is 110 cm³/mol. The lowest BCUT2D eigenvalue weighted by Crippen LogP contribution is -2.36. The van der Waals surface area contributed by atoms with Crippen LogP contribution in [0.3, 0.4) is 0 Å². The highest BCUT2D eigenvalue weighted by atomic mass is 16.3. The van der Waals surface area contributed by atoms with E-state index >= 15 is 0 Å². The molecular formula is C22H20N2O4. The molecule has 0 saturated heterocycles. The van der Waals surface area contributed by atoms with Gasteiger partial charge in [-0.3, -0.25) is 19.0 Å². The van der Waals surface area contributed by atoms with Gasteiger partial charge in [-0.05, 0) is 36.8 Å². The van der Waals surface area contributed by atoms with Crippen LogP contribution < -0.4 is 11.0 Å². The van der Waals surface area contributed by atoms with Crippen LogP contribution in [0.15, 0.2) is 56.5 Å². The van der Waals surface area contributed by atoms with Crippen molar-refractivity contribution in [2.75, 3.05) is 13.1 Å². The first kappa shape index (κ1) is 18.0. The Bertz CT molecular complexity index is 1360. The molecule has 0 saturated carbocycles. The maximum atomic E-state index is 13.3. The fourth-order valence-corrected chi connectivity index (χ4v) is 3.65. The second kappa shape index (κ2) is 6.64. The summed E-state index contributed by atoms with van der Waals surface area (Å²) >= 11 is 0. The minimum atomic E-state index is -0.479. The molecule has 28 heavy (non-hydrogen) atoms. The van der Waals surface area contributed by atoms with Gasteiger partial charge in [0.25, 0.3) is 11.5 Å². The monoisotopic (exact) mass is 376 g/mol. The van der Waals surface area contributed by atoms with Gasteiger partial charge in [-0.1, -0.05) is 30.3 Å². The van der Waals surface area contributed by atoms with E-state index in [0.29, 0.717) is 24.1 Å². The predicted octanol–water partition coefficient (Wildman–Crippen LogP) is 3.28. The van der Waals surface area contributed by atoms with Crippen LogP contribution in [0.5, 0.6) is 0 Å². The van der Waals surface area contributed by atoms with Crippen LogP contribution in [0.4, 0.5) is 0 Å². The molecule has 6 nitrogen and oxygen atoms in total. The molecule has 142 valence electrons. The van der Waals surface area contributed by atoms with Gasteiger partial charge in [0.05, 0.1) is 10.8 Å². The Morgan fingerprint density at radius 1 is 1.04 bits per heavy atom. The van der Waals surface area contributed by atoms with Gasteiger partial charge in [0, 0.05) is 20.1 Å². The number of benzene rings is 2. The molecule has 0 aliphatic carbocycles. The average Bonchev–Trinajstić information content (AvgIpc) is 2.71. The molecule has 1 amide bonds. The fraction of sp³-hybridized carbons (Fsp3) is 0.227. The SMILES string of the molecule is CCN(CC)C(=O)c1cc2c(=O)c3c(ccc4ccccc43)oc2n(C)c1=O. The molecule has 4 rings (SSSR count). The Labute approximate surface area is 160 Å². The van der Waals surface area contributed by atoms with E-state index in [1.807, 2.05) is 44.2 Å². The molecule has 2 heterocycles. The number of aryl methyl sites for hydroxylation is 1. The van der Waals surface area contributed by atoms with Crippen molar-refractivity contribution in [1.29, 1.82) is 0 Å². The van der Waals surface area contributed by atoms with Gasteiger partial charge in [0.2, 0.25) is 11.1 Å². The molecular weight excluding hydrogens is 356 g/mol. The van der Waals surface area contributed by atoms with Crippen molar-refractivity contribution in [2.45, 2.75) is 13.8 Å². The number of nitrogens with zero attached hydrogens (tertiary/aromatic N) is 2. The molecule has 2 aromatic heterocycles. The van der Waals surface area contributed by atoms with E-state index < -0.39 is 5.56 Å². The largest absolute Gasteiger partial charge is 0.439 e. The standard InChI is InChI=1S/C22H20N2O4/c1-4-24(5-2)21(27)16-12-15-19(25)18-14-9-7-6-8-13(14)10-11-17(18)28-22(15)23(3)20(16)26/h6-12H,4-5H2,1-3H3. The summed E-state index contributed by atoms with van der Waals surface area (Å²) in [5.74, 6) is -0.384. The number of amides is 1. The maximum Gasteiger partial charge on any atom is 0.265 e. The molecule has 4 aromatic rings. The Morgan fingerprint density at radius 3 is 2.46 bits per heavy atom. The third-order valence-electron chi connectivity index (χ3n) is 5.21. The van der Waals surface area contributed by atoms with Gasteiger partial charge in [-0.2, -0.15) is 0 Å². The first-order valence-electron chi connectivity index (χ1n) is 9.25. The maximum absolute atomic E-state index is 13.3. The van der Waals surface area contributed by atoms with Crippen molar-refractivity contribution in [3.63, 3.8) is 0 Å². The van der Waals surface area contributed by atoms with E-state index in [0.717, 1.165) is 10.8 Å². The third-order valence-corrected chi connectivity index (χ3v) is 5.21. The highest BCUT2D eigenvalue weighted by molar-refractivity contribution is 6.08. The average molecular weight is 376 g/mol. The summed E-state index contributed by atoms with van der Waals surface area (Å²) in [6.07, 6.45) is 0. The lowest BCUT2D eigenvalue weighted by Gasteiger charge is -2.18. The number of fused-ring (bicyclic) bond motifs is 4. The highest BCUT2D eigenvalue weighted by Gasteiger charge is 2.21. The number of carbonyl (C=O) groups is 1. The molecule has 2 aromatic carbocycles. The van der Waals surface area contributed by atoms with E-state index in [1.165, 1.54) is 17.7 Å². The van der Waals surface area contributed by atoms with Crippen LogP contribution in [0.2, 0.25) is 0 Å². The Hall–Kier alpha value is -3.41. The highest BCUT2D eigenvalue weighted by Crippen LogP contribution is 2.25. The number of carbonyl (C=O) groups excluding carboxylic acids is 1. The lowest BCUT2D eigenvalue weighted by atomic mass is 10.0. The van der Waals surface area contributed by atoms with Gasteiger partial charge in [-0.15, -0.1) is 0 Å². The fourth-order valence-electron chi connectivity index (χ4n) is 3.65. The normalized spacial score (nSPS) is 11.4. The van der Waals surface area contributed by atoms with Gasteiger partial charge in [-0.25, -0.2) is 0 Å². The van der Waals surface area contributed by atoms with Crippen molar-refractivity contribution in [2.24, 2.45) is 7.05 Å². The first-order valence-corrected chi connectivity index (χ1v) is 9.25. The summed E-state index contributed by atoms with van der Waals surface area (Å²) in [6.45, 7) is 4.66. The molecule has 6 heteroatoms. The summed E-state index contributed by atoms with van der Waals surface area (Å²) < 4.78 is 7.17. The van der Waals surface area contributed by atoms with E-state index in [-0.39, 0.29) is 28.0 Å². The number of aromatic nitrogens is 1. The summed E-state index contributed by atoms with van der Waals surface area (Å²) in [5.41, 5.74) is -0.182. The lowest BCUT2D eigenvalue weighted by molar-refractivity contribution is 0.0771. The van der Waals surface area contributed by atoms with Crippen LogP contribution >= 0.6 is 0 Å². The zero-order valence-electron chi connectivity index (χ0n) is 16.0. The molecule has 0 atom stereocenters. The van der Waals surface area contributed by atoms with Crippen molar-refractivity contribution in [3.8, 4) is 0 Å². The summed E-state index contributed by atoms with van der Waals surface area (Å²) in [6, 6.07) is 12.5. The van der Waals surface area contributed by atoms with Crippen molar-refractivity contribution < 1.29 is 9.21 Å². The quantitative estimate of drug-likeness (QED) is 0.406. The second-order valence-corrected chi connectivity index (χ2v) is 6.71. The molecule has 0 N–H and O–H groups in total. The van der Waals surface area contributed by atoms with Crippen molar-refractivity contribution in [1.82, 2.24) is 9.47 Å². The van der Waals surface area contributed by atoms with Crippen molar-refractivity contribution in [3.05, 3.63) is 68.6 Å². The molecule has 0 unspecified atom stereocenters. The Kier molecular flexibility index (Phi) is 4.26. The van der Waals surface area contributed by atoms with Crippen LogP contribution in [0.25, 0.3) is 32.8 Å². The topological polar surface area (TPSA) is 72.5 Å². The molecule has 0 radical (unpaired) electrons. The van der Waals surface area contributed by atoms with Crippen LogP contribution in [-0.4, -0.2) is 28.5 Å². The van der Waals surface area contributed by atoms with Crippen LogP contribution in [0, 0.1) is 0 Å². The van der Waals surface area contributed by atoms with Crippen molar-refractivity contribution >= 4 is 38.7 Å². The molecule has 0 aliphatic rings. The zero-order chi connectivity index (χ0) is 20.0. The van der Waals surface area contributed by atoms with Gasteiger partial charge in [0.1, 0.15) is 11.1 Å². The first-order chi connectivity index (χ1) is 13.5. The van der Waals surface area contributed by atoms with Gasteiger partial charge in [0.15, 0.2) is 0 Å². The van der Waals surface area contributed by atoms with E-state index in [4.69, 9.17) is 4.42 Å². The van der Waals surface area contributed by atoms with E-state index in [9.17, 15) is 14.4 Å². The number of hydrogen-bond donors (Lipinski definition) is 0. The minimum Gasteiger partial charge on any atom is -0.439 e. The minimum absolute atomic E-state index is 0.0226. The summed E-state index contributed by atoms with van der Waals surface area (Å²) in [7, 11) is 1.51. The number of hydrogen-bond acceptors (Lipinski definition) is 4.